The van der Waals surface area contributed by atoms with Crippen LogP contribution in [0.3, 0.4) is 0 Å². The second-order valence-electron chi connectivity index (χ2n) is 6.68. The molecule has 2 aromatic rings. The van der Waals surface area contributed by atoms with Crippen LogP contribution in [0.1, 0.15) is 34.3 Å². The molecule has 1 aliphatic rings. The Kier molecular flexibility index (Phi) is 5.06. The molecule has 132 valence electrons. The second-order valence-corrected chi connectivity index (χ2v) is 8.58. The molecule has 0 amide bonds. The predicted molar refractivity (Wildman–Crippen MR) is 98.2 cm³/mol. The zero-order valence-corrected chi connectivity index (χ0v) is 15.4. The maximum absolute atomic E-state index is 12.9. The fourth-order valence-electron chi connectivity index (χ4n) is 3.42. The molecule has 2 aromatic carbocycles. The van der Waals surface area contributed by atoms with Crippen molar-refractivity contribution in [3.8, 4) is 0 Å². The largest absolute Gasteiger partial charge is 0.294 e. The molecule has 1 saturated heterocycles. The average molecular weight is 357 g/mol. The Morgan fingerprint density at radius 2 is 1.64 bits per heavy atom. The first kappa shape index (κ1) is 17.8. The van der Waals surface area contributed by atoms with Crippen molar-refractivity contribution < 1.29 is 13.2 Å². The van der Waals surface area contributed by atoms with Crippen molar-refractivity contribution in [1.29, 1.82) is 0 Å². The summed E-state index contributed by atoms with van der Waals surface area (Å²) in [4.78, 5) is 12.9. The highest BCUT2D eigenvalue weighted by Gasteiger charge is 2.32. The Labute approximate surface area is 149 Å². The molecule has 3 rings (SSSR count). The highest BCUT2D eigenvalue weighted by atomic mass is 32.2. The molecule has 1 fully saturated rings. The van der Waals surface area contributed by atoms with Crippen molar-refractivity contribution in [3.05, 3.63) is 65.2 Å². The quantitative estimate of drug-likeness (QED) is 0.786. The van der Waals surface area contributed by atoms with E-state index in [1.54, 1.807) is 6.07 Å². The predicted octanol–water partition coefficient (Wildman–Crippen LogP) is 3.59. The standard InChI is InChI=1S/C20H23NO3S/c1-15-8-9-19(16(2)14-15)25(23,24)21-12-10-18(11-13-21)20(22)17-6-4-3-5-7-17/h3-9,14,18H,10-13H2,1-2H3. The van der Waals surface area contributed by atoms with Gasteiger partial charge in [0.15, 0.2) is 5.78 Å². The van der Waals surface area contributed by atoms with E-state index < -0.39 is 10.0 Å². The molecule has 0 N–H and O–H groups in total. The van der Waals surface area contributed by atoms with Crippen LogP contribution in [0.2, 0.25) is 0 Å². The lowest BCUT2D eigenvalue weighted by Gasteiger charge is -2.31. The fourth-order valence-corrected chi connectivity index (χ4v) is 5.10. The first-order valence-electron chi connectivity index (χ1n) is 8.56. The molecule has 1 aliphatic heterocycles. The van der Waals surface area contributed by atoms with Crippen molar-refractivity contribution in [2.75, 3.05) is 13.1 Å². The lowest BCUT2D eigenvalue weighted by Crippen LogP contribution is -2.40. The maximum Gasteiger partial charge on any atom is 0.243 e. The van der Waals surface area contributed by atoms with Crippen LogP contribution in [-0.4, -0.2) is 31.6 Å². The number of nitrogens with zero attached hydrogens (tertiary/aromatic N) is 1. The summed E-state index contributed by atoms with van der Waals surface area (Å²) < 4.78 is 27.3. The van der Waals surface area contributed by atoms with E-state index in [1.165, 1.54) is 4.31 Å². The minimum atomic E-state index is -3.50. The van der Waals surface area contributed by atoms with Crippen LogP contribution >= 0.6 is 0 Å². The van der Waals surface area contributed by atoms with Gasteiger partial charge in [-0.15, -0.1) is 0 Å². The Morgan fingerprint density at radius 1 is 1.00 bits per heavy atom. The van der Waals surface area contributed by atoms with E-state index >= 15 is 0 Å². The van der Waals surface area contributed by atoms with Crippen molar-refractivity contribution in [2.24, 2.45) is 5.92 Å². The van der Waals surface area contributed by atoms with Crippen LogP contribution < -0.4 is 0 Å². The minimum Gasteiger partial charge on any atom is -0.294 e. The number of Topliss-reactive ketones (excluding diaryl/α,β-unsaturated/α-hetero) is 1. The smallest absolute Gasteiger partial charge is 0.243 e. The summed E-state index contributed by atoms with van der Waals surface area (Å²) in [5.41, 5.74) is 2.52. The Morgan fingerprint density at radius 3 is 2.24 bits per heavy atom. The highest BCUT2D eigenvalue weighted by molar-refractivity contribution is 7.89. The lowest BCUT2D eigenvalue weighted by molar-refractivity contribution is 0.0875. The number of hydrogen-bond acceptors (Lipinski definition) is 3. The number of carbonyl (C=O) groups is 1. The van der Waals surface area contributed by atoms with Crippen molar-refractivity contribution in [1.82, 2.24) is 4.31 Å². The monoisotopic (exact) mass is 357 g/mol. The van der Waals surface area contributed by atoms with Crippen LogP contribution in [0.4, 0.5) is 0 Å². The molecule has 0 spiro atoms. The second kappa shape index (κ2) is 7.10. The third kappa shape index (κ3) is 3.67. The summed E-state index contributed by atoms with van der Waals surface area (Å²) in [6.07, 6.45) is 1.13. The van der Waals surface area contributed by atoms with Gasteiger partial charge in [0.2, 0.25) is 10.0 Å². The van der Waals surface area contributed by atoms with Crippen LogP contribution in [0.25, 0.3) is 0 Å². The molecule has 0 aromatic heterocycles. The average Bonchev–Trinajstić information content (AvgIpc) is 2.61. The van der Waals surface area contributed by atoms with E-state index in [2.05, 4.69) is 0 Å². The van der Waals surface area contributed by atoms with E-state index in [-0.39, 0.29) is 11.7 Å². The SMILES string of the molecule is Cc1ccc(S(=O)(=O)N2CCC(C(=O)c3ccccc3)CC2)c(C)c1. The zero-order chi connectivity index (χ0) is 18.0. The number of hydrogen-bond donors (Lipinski definition) is 0. The first-order chi connectivity index (χ1) is 11.9. The van der Waals surface area contributed by atoms with Gasteiger partial charge in [-0.1, -0.05) is 48.0 Å². The Hall–Kier alpha value is -1.98. The van der Waals surface area contributed by atoms with Gasteiger partial charge in [-0.3, -0.25) is 4.79 Å². The van der Waals surface area contributed by atoms with Gasteiger partial charge >= 0.3 is 0 Å². The summed E-state index contributed by atoms with van der Waals surface area (Å²) in [6.45, 7) is 4.55. The van der Waals surface area contributed by atoms with Gasteiger partial charge < -0.3 is 0 Å². The van der Waals surface area contributed by atoms with E-state index in [0.717, 1.165) is 11.1 Å². The molecular weight excluding hydrogens is 334 g/mol. The van der Waals surface area contributed by atoms with Crippen molar-refractivity contribution in [3.63, 3.8) is 0 Å². The molecule has 25 heavy (non-hydrogen) atoms. The van der Waals surface area contributed by atoms with Gasteiger partial charge in [0, 0.05) is 24.6 Å². The van der Waals surface area contributed by atoms with E-state index in [1.807, 2.05) is 56.3 Å². The minimum absolute atomic E-state index is 0.104. The van der Waals surface area contributed by atoms with E-state index in [9.17, 15) is 13.2 Å². The van der Waals surface area contributed by atoms with E-state index in [0.29, 0.717) is 36.4 Å². The normalized spacial score (nSPS) is 16.7. The third-order valence-electron chi connectivity index (χ3n) is 4.83. The molecule has 4 nitrogen and oxygen atoms in total. The number of rotatable bonds is 4. The number of sulfonamides is 1. The summed E-state index contributed by atoms with van der Waals surface area (Å²) in [5, 5.41) is 0. The Bertz CT molecular complexity index is 867. The molecule has 5 heteroatoms. The number of ketones is 1. The molecule has 0 aliphatic carbocycles. The van der Waals surface area contributed by atoms with Crippen LogP contribution in [-0.2, 0) is 10.0 Å². The van der Waals surface area contributed by atoms with Crippen LogP contribution in [0.15, 0.2) is 53.4 Å². The van der Waals surface area contributed by atoms with Gasteiger partial charge in [0.1, 0.15) is 0 Å². The van der Waals surface area contributed by atoms with Gasteiger partial charge in [-0.2, -0.15) is 4.31 Å². The van der Waals surface area contributed by atoms with E-state index in [4.69, 9.17) is 0 Å². The molecule has 0 unspecified atom stereocenters. The molecule has 0 saturated carbocycles. The molecule has 0 radical (unpaired) electrons. The number of piperidine rings is 1. The van der Waals surface area contributed by atoms with Gasteiger partial charge in [0.25, 0.3) is 0 Å². The highest BCUT2D eigenvalue weighted by Crippen LogP contribution is 2.27. The third-order valence-corrected chi connectivity index (χ3v) is 6.89. The summed E-state index contributed by atoms with van der Waals surface area (Å²) >= 11 is 0. The zero-order valence-electron chi connectivity index (χ0n) is 14.6. The maximum atomic E-state index is 12.9. The lowest BCUT2D eigenvalue weighted by atomic mass is 9.90. The fraction of sp³-hybridized carbons (Fsp3) is 0.350. The van der Waals surface area contributed by atoms with Gasteiger partial charge in [-0.25, -0.2) is 8.42 Å². The summed E-state index contributed by atoms with van der Waals surface area (Å²) in [7, 11) is -3.50. The van der Waals surface area contributed by atoms with Gasteiger partial charge in [-0.05, 0) is 38.3 Å². The van der Waals surface area contributed by atoms with Crippen molar-refractivity contribution >= 4 is 15.8 Å². The van der Waals surface area contributed by atoms with Gasteiger partial charge in [0.05, 0.1) is 4.90 Å². The molecule has 0 atom stereocenters. The molecule has 1 heterocycles. The Balaban J connectivity index is 1.72. The number of carbonyl (C=O) groups excluding carboxylic acids is 1. The van der Waals surface area contributed by atoms with Crippen molar-refractivity contribution in [2.45, 2.75) is 31.6 Å². The van der Waals surface area contributed by atoms with Crippen LogP contribution in [0.5, 0.6) is 0 Å². The topological polar surface area (TPSA) is 54.5 Å². The molecular formula is C20H23NO3S. The molecule has 0 bridgehead atoms. The number of aryl methyl sites for hydroxylation is 2. The van der Waals surface area contributed by atoms with Crippen LogP contribution in [0, 0.1) is 19.8 Å². The summed E-state index contributed by atoms with van der Waals surface area (Å²) in [6, 6.07) is 14.6. The summed E-state index contributed by atoms with van der Waals surface area (Å²) in [5.74, 6) is 0.0112. The first-order valence-corrected chi connectivity index (χ1v) is 10.0. The number of benzene rings is 2.